The maximum atomic E-state index is 13.3. The molecule has 1 aromatic rings. The van der Waals surface area contributed by atoms with Crippen LogP contribution in [0.3, 0.4) is 0 Å². The Labute approximate surface area is 103 Å². The number of ether oxygens (including phenoxy) is 1. The predicted octanol–water partition coefficient (Wildman–Crippen LogP) is 3.14. The Kier molecular flexibility index (Phi) is 5.55. The Morgan fingerprint density at radius 3 is 2.56 bits per heavy atom. The van der Waals surface area contributed by atoms with Crippen LogP contribution >= 0.6 is 0 Å². The zero-order valence-corrected chi connectivity index (χ0v) is 9.77. The number of nitrogens with two attached hydrogens (primary N) is 1. The van der Waals surface area contributed by atoms with Crippen LogP contribution < -0.4 is 5.73 Å². The molecule has 18 heavy (non-hydrogen) atoms. The lowest BCUT2D eigenvalue weighted by Crippen LogP contribution is -2.09. The van der Waals surface area contributed by atoms with E-state index in [9.17, 15) is 17.6 Å². The minimum absolute atomic E-state index is 0.0441. The molecular formula is C12H15F4NO. The van der Waals surface area contributed by atoms with Crippen molar-refractivity contribution in [1.29, 1.82) is 0 Å². The van der Waals surface area contributed by atoms with E-state index in [1.807, 2.05) is 0 Å². The van der Waals surface area contributed by atoms with Gasteiger partial charge in [0.15, 0.2) is 0 Å². The summed E-state index contributed by atoms with van der Waals surface area (Å²) in [6.07, 6.45) is -5.19. The highest BCUT2D eigenvalue weighted by molar-refractivity contribution is 5.24. The standard InChI is InChI=1S/C12H15F4NO/c13-11-3-2-9(7-17)6-10(11)8-18-5-1-4-12(14,15)16/h2-3,6H,1,4-5,7-8,17H2. The first-order valence-corrected chi connectivity index (χ1v) is 5.54. The van der Waals surface area contributed by atoms with Gasteiger partial charge in [-0.1, -0.05) is 6.07 Å². The molecule has 0 unspecified atom stereocenters. The largest absolute Gasteiger partial charge is 0.389 e. The van der Waals surface area contributed by atoms with Crippen molar-refractivity contribution >= 4 is 0 Å². The fraction of sp³-hybridized carbons (Fsp3) is 0.500. The predicted molar refractivity (Wildman–Crippen MR) is 59.2 cm³/mol. The monoisotopic (exact) mass is 265 g/mol. The number of alkyl halides is 3. The van der Waals surface area contributed by atoms with Gasteiger partial charge in [0.1, 0.15) is 5.82 Å². The normalized spacial score (nSPS) is 11.8. The van der Waals surface area contributed by atoms with Crippen LogP contribution in [-0.2, 0) is 17.9 Å². The van der Waals surface area contributed by atoms with Crippen molar-refractivity contribution in [3.63, 3.8) is 0 Å². The summed E-state index contributed by atoms with van der Waals surface area (Å²) >= 11 is 0. The summed E-state index contributed by atoms with van der Waals surface area (Å²) in [6.45, 7) is 0.185. The van der Waals surface area contributed by atoms with Crippen LogP contribution in [0.1, 0.15) is 24.0 Å². The molecule has 102 valence electrons. The maximum Gasteiger partial charge on any atom is 0.389 e. The Morgan fingerprint density at radius 2 is 1.94 bits per heavy atom. The quantitative estimate of drug-likeness (QED) is 0.633. The molecule has 0 fully saturated rings. The van der Waals surface area contributed by atoms with Crippen LogP contribution in [0.4, 0.5) is 17.6 Å². The summed E-state index contributed by atoms with van der Waals surface area (Å²) < 4.78 is 53.8. The van der Waals surface area contributed by atoms with E-state index < -0.39 is 18.4 Å². The average molecular weight is 265 g/mol. The number of halogens is 4. The van der Waals surface area contributed by atoms with Crippen LogP contribution in [-0.4, -0.2) is 12.8 Å². The van der Waals surface area contributed by atoms with Gasteiger partial charge in [-0.05, 0) is 24.1 Å². The van der Waals surface area contributed by atoms with Gasteiger partial charge in [-0.15, -0.1) is 0 Å². The molecule has 0 amide bonds. The average Bonchev–Trinajstić information content (AvgIpc) is 2.29. The molecule has 0 spiro atoms. The van der Waals surface area contributed by atoms with E-state index in [-0.39, 0.29) is 26.2 Å². The van der Waals surface area contributed by atoms with Crippen LogP contribution in [0, 0.1) is 5.82 Å². The van der Waals surface area contributed by atoms with Gasteiger partial charge in [0.05, 0.1) is 6.61 Å². The SMILES string of the molecule is NCc1ccc(F)c(COCCCC(F)(F)F)c1. The molecule has 2 N–H and O–H groups in total. The second-order valence-electron chi connectivity index (χ2n) is 3.90. The molecule has 2 nitrogen and oxygen atoms in total. The Balaban J connectivity index is 2.35. The summed E-state index contributed by atoms with van der Waals surface area (Å²) in [4.78, 5) is 0. The second-order valence-corrected chi connectivity index (χ2v) is 3.90. The van der Waals surface area contributed by atoms with Crippen molar-refractivity contribution in [2.24, 2.45) is 5.73 Å². The minimum atomic E-state index is -4.17. The highest BCUT2D eigenvalue weighted by Crippen LogP contribution is 2.21. The van der Waals surface area contributed by atoms with E-state index in [0.717, 1.165) is 5.56 Å². The summed E-state index contributed by atoms with van der Waals surface area (Å²) in [5.41, 5.74) is 6.47. The molecule has 0 atom stereocenters. The van der Waals surface area contributed by atoms with Gasteiger partial charge >= 0.3 is 6.18 Å². The second kappa shape index (κ2) is 6.70. The highest BCUT2D eigenvalue weighted by Gasteiger charge is 2.25. The number of benzene rings is 1. The fourth-order valence-electron chi connectivity index (χ4n) is 1.42. The third-order valence-corrected chi connectivity index (χ3v) is 2.35. The van der Waals surface area contributed by atoms with Crippen molar-refractivity contribution in [3.05, 3.63) is 35.1 Å². The molecule has 0 aliphatic heterocycles. The third-order valence-electron chi connectivity index (χ3n) is 2.35. The van der Waals surface area contributed by atoms with Gasteiger partial charge in [-0.25, -0.2) is 4.39 Å². The van der Waals surface area contributed by atoms with E-state index in [4.69, 9.17) is 10.5 Å². The molecule has 0 heterocycles. The molecule has 0 bridgehead atoms. The van der Waals surface area contributed by atoms with Gasteiger partial charge in [-0.3, -0.25) is 0 Å². The zero-order valence-electron chi connectivity index (χ0n) is 9.77. The molecule has 0 aliphatic carbocycles. The van der Waals surface area contributed by atoms with Crippen molar-refractivity contribution in [2.45, 2.75) is 32.2 Å². The smallest absolute Gasteiger partial charge is 0.377 e. The van der Waals surface area contributed by atoms with Gasteiger partial charge in [0, 0.05) is 25.1 Å². The van der Waals surface area contributed by atoms with Crippen molar-refractivity contribution in [3.8, 4) is 0 Å². The molecular weight excluding hydrogens is 250 g/mol. The van der Waals surface area contributed by atoms with E-state index >= 15 is 0 Å². The van der Waals surface area contributed by atoms with Crippen molar-refractivity contribution in [2.75, 3.05) is 6.61 Å². The first-order valence-electron chi connectivity index (χ1n) is 5.54. The molecule has 0 saturated heterocycles. The van der Waals surface area contributed by atoms with E-state index in [1.54, 1.807) is 12.1 Å². The lowest BCUT2D eigenvalue weighted by molar-refractivity contribution is -0.138. The van der Waals surface area contributed by atoms with Crippen LogP contribution in [0.25, 0.3) is 0 Å². The maximum absolute atomic E-state index is 13.3. The summed E-state index contributed by atoms with van der Waals surface area (Å²) in [5, 5.41) is 0. The zero-order chi connectivity index (χ0) is 13.6. The Bertz CT molecular complexity index is 379. The molecule has 6 heteroatoms. The molecule has 0 radical (unpaired) electrons. The van der Waals surface area contributed by atoms with Gasteiger partial charge in [0.2, 0.25) is 0 Å². The molecule has 0 aliphatic rings. The van der Waals surface area contributed by atoms with Crippen molar-refractivity contribution < 1.29 is 22.3 Å². The summed E-state index contributed by atoms with van der Waals surface area (Å²) in [5.74, 6) is -0.442. The summed E-state index contributed by atoms with van der Waals surface area (Å²) in [6, 6.07) is 4.39. The highest BCUT2D eigenvalue weighted by atomic mass is 19.4. The molecule has 1 aromatic carbocycles. The van der Waals surface area contributed by atoms with Crippen LogP contribution in [0.2, 0.25) is 0 Å². The van der Waals surface area contributed by atoms with Gasteiger partial charge in [-0.2, -0.15) is 13.2 Å². The topological polar surface area (TPSA) is 35.2 Å². The van der Waals surface area contributed by atoms with Gasteiger partial charge < -0.3 is 10.5 Å². The Morgan fingerprint density at radius 1 is 1.22 bits per heavy atom. The van der Waals surface area contributed by atoms with E-state index in [0.29, 0.717) is 5.56 Å². The fourth-order valence-corrected chi connectivity index (χ4v) is 1.42. The number of hydrogen-bond acceptors (Lipinski definition) is 2. The molecule has 1 rings (SSSR count). The number of rotatable bonds is 6. The summed E-state index contributed by atoms with van der Waals surface area (Å²) in [7, 11) is 0. The lowest BCUT2D eigenvalue weighted by Gasteiger charge is -2.08. The lowest BCUT2D eigenvalue weighted by atomic mass is 10.1. The van der Waals surface area contributed by atoms with Gasteiger partial charge in [0.25, 0.3) is 0 Å². The van der Waals surface area contributed by atoms with Crippen molar-refractivity contribution in [1.82, 2.24) is 0 Å². The Hall–Kier alpha value is -1.14. The first kappa shape index (κ1) is 14.9. The molecule has 0 saturated carbocycles. The van der Waals surface area contributed by atoms with E-state index in [1.165, 1.54) is 6.07 Å². The van der Waals surface area contributed by atoms with Crippen LogP contribution in [0.5, 0.6) is 0 Å². The minimum Gasteiger partial charge on any atom is -0.377 e. The third kappa shape index (κ3) is 5.46. The van der Waals surface area contributed by atoms with E-state index in [2.05, 4.69) is 0 Å². The number of hydrogen-bond donors (Lipinski definition) is 1. The van der Waals surface area contributed by atoms with Crippen LogP contribution in [0.15, 0.2) is 18.2 Å². The first-order chi connectivity index (χ1) is 8.42. The molecule has 0 aromatic heterocycles.